The van der Waals surface area contributed by atoms with E-state index >= 15 is 0 Å². The quantitative estimate of drug-likeness (QED) is 0.585. The zero-order valence-corrected chi connectivity index (χ0v) is 13.9. The largest absolute Gasteiger partial charge is 0.493 e. The summed E-state index contributed by atoms with van der Waals surface area (Å²) in [4.78, 5) is 12.4. The van der Waals surface area contributed by atoms with Gasteiger partial charge in [-0.05, 0) is 35.9 Å². The van der Waals surface area contributed by atoms with Crippen LogP contribution in [0.1, 0.15) is 15.9 Å². The molecule has 2 aromatic carbocycles. The molecule has 0 amide bonds. The van der Waals surface area contributed by atoms with Gasteiger partial charge in [-0.25, -0.2) is 0 Å². The second-order valence-corrected chi connectivity index (χ2v) is 5.10. The lowest BCUT2D eigenvalue weighted by Crippen LogP contribution is -2.00. The van der Waals surface area contributed by atoms with Gasteiger partial charge >= 0.3 is 0 Å². The Kier molecular flexibility index (Phi) is 5.66. The van der Waals surface area contributed by atoms with E-state index in [9.17, 15) is 4.79 Å². The molecule has 0 atom stereocenters. The molecule has 2 rings (SSSR count). The van der Waals surface area contributed by atoms with Crippen LogP contribution in [0.4, 0.5) is 0 Å². The predicted octanol–water partition coefficient (Wildman–Crippen LogP) is 4.26. The fraction of sp³-hybridized carbons (Fsp3) is 0.167. The van der Waals surface area contributed by atoms with Gasteiger partial charge in [-0.1, -0.05) is 29.8 Å². The number of allylic oxidation sites excluding steroid dienone is 1. The normalized spacial score (nSPS) is 10.6. The molecule has 0 N–H and O–H groups in total. The van der Waals surface area contributed by atoms with E-state index < -0.39 is 0 Å². The first-order chi connectivity index (χ1) is 11.1. The summed E-state index contributed by atoms with van der Waals surface area (Å²) in [6.07, 6.45) is 3.21. The first-order valence-corrected chi connectivity index (χ1v) is 7.24. The Morgan fingerprint density at radius 2 is 1.52 bits per heavy atom. The number of hydrogen-bond donors (Lipinski definition) is 0. The van der Waals surface area contributed by atoms with Crippen molar-refractivity contribution in [3.8, 4) is 17.2 Å². The van der Waals surface area contributed by atoms with Crippen LogP contribution in [0.3, 0.4) is 0 Å². The molecule has 0 saturated carbocycles. The van der Waals surface area contributed by atoms with Crippen LogP contribution in [0.15, 0.2) is 42.5 Å². The monoisotopic (exact) mass is 332 g/mol. The van der Waals surface area contributed by atoms with Crippen LogP contribution in [0.5, 0.6) is 17.2 Å². The number of carbonyl (C=O) groups is 1. The summed E-state index contributed by atoms with van der Waals surface area (Å²) in [6, 6.07) is 10.4. The molecule has 0 saturated heterocycles. The van der Waals surface area contributed by atoms with Crippen molar-refractivity contribution in [2.45, 2.75) is 0 Å². The molecule has 5 heteroatoms. The summed E-state index contributed by atoms with van der Waals surface area (Å²) < 4.78 is 15.7. The number of ether oxygens (including phenoxy) is 3. The third-order valence-electron chi connectivity index (χ3n) is 3.25. The van der Waals surface area contributed by atoms with E-state index in [4.69, 9.17) is 25.8 Å². The Morgan fingerprint density at radius 3 is 2.00 bits per heavy atom. The van der Waals surface area contributed by atoms with Gasteiger partial charge in [-0.3, -0.25) is 4.79 Å². The Hall–Kier alpha value is -2.46. The SMILES string of the molecule is COc1cc(C(=O)/C=C/c2ccc(Cl)cc2)cc(OC)c1OC. The van der Waals surface area contributed by atoms with Gasteiger partial charge < -0.3 is 14.2 Å². The van der Waals surface area contributed by atoms with Gasteiger partial charge in [0.1, 0.15) is 0 Å². The Balaban J connectivity index is 2.30. The number of ketones is 1. The lowest BCUT2D eigenvalue weighted by atomic mass is 10.1. The van der Waals surface area contributed by atoms with E-state index in [2.05, 4.69) is 0 Å². The molecular formula is C18H17ClO4. The van der Waals surface area contributed by atoms with Crippen molar-refractivity contribution in [3.63, 3.8) is 0 Å². The van der Waals surface area contributed by atoms with E-state index in [-0.39, 0.29) is 5.78 Å². The van der Waals surface area contributed by atoms with E-state index in [0.29, 0.717) is 27.8 Å². The lowest BCUT2D eigenvalue weighted by Gasteiger charge is -2.13. The van der Waals surface area contributed by atoms with Crippen molar-refractivity contribution >= 4 is 23.5 Å². The van der Waals surface area contributed by atoms with E-state index in [0.717, 1.165) is 5.56 Å². The number of rotatable bonds is 6. The fourth-order valence-corrected chi connectivity index (χ4v) is 2.19. The molecule has 0 spiro atoms. The van der Waals surface area contributed by atoms with E-state index in [1.807, 2.05) is 12.1 Å². The predicted molar refractivity (Wildman–Crippen MR) is 90.9 cm³/mol. The summed E-state index contributed by atoms with van der Waals surface area (Å²) >= 11 is 5.83. The minimum Gasteiger partial charge on any atom is -0.493 e. The molecule has 0 aromatic heterocycles. The molecule has 0 bridgehead atoms. The van der Waals surface area contributed by atoms with Crippen molar-refractivity contribution in [2.24, 2.45) is 0 Å². The van der Waals surface area contributed by atoms with Crippen LogP contribution in [0, 0.1) is 0 Å². The minimum absolute atomic E-state index is 0.167. The maximum Gasteiger partial charge on any atom is 0.203 e. The standard InChI is InChI=1S/C18H17ClO4/c1-21-16-10-13(11-17(22-2)18(16)23-3)15(20)9-6-12-4-7-14(19)8-5-12/h4-11H,1-3H3/b9-6+. The smallest absolute Gasteiger partial charge is 0.203 e. The Bertz CT molecular complexity index is 695. The molecule has 2 aromatic rings. The number of methoxy groups -OCH3 is 3. The van der Waals surface area contributed by atoms with Crippen LogP contribution in [-0.4, -0.2) is 27.1 Å². The molecule has 0 aliphatic rings. The van der Waals surface area contributed by atoms with Gasteiger partial charge in [0.05, 0.1) is 21.3 Å². The van der Waals surface area contributed by atoms with Crippen molar-refractivity contribution in [1.29, 1.82) is 0 Å². The van der Waals surface area contributed by atoms with E-state index in [1.54, 1.807) is 30.3 Å². The average molecular weight is 333 g/mol. The molecular weight excluding hydrogens is 316 g/mol. The fourth-order valence-electron chi connectivity index (χ4n) is 2.07. The third-order valence-corrected chi connectivity index (χ3v) is 3.50. The highest BCUT2D eigenvalue weighted by Gasteiger charge is 2.15. The third kappa shape index (κ3) is 4.05. The summed E-state index contributed by atoms with van der Waals surface area (Å²) in [6.45, 7) is 0. The Labute approximate surface area is 140 Å². The van der Waals surface area contributed by atoms with Crippen molar-refractivity contribution in [3.05, 3.63) is 58.6 Å². The van der Waals surface area contributed by atoms with Crippen LogP contribution in [0.25, 0.3) is 6.08 Å². The van der Waals surface area contributed by atoms with E-state index in [1.165, 1.54) is 27.4 Å². The first kappa shape index (κ1) is 16.9. The lowest BCUT2D eigenvalue weighted by molar-refractivity contribution is 0.104. The number of halogens is 1. The highest BCUT2D eigenvalue weighted by molar-refractivity contribution is 6.30. The highest BCUT2D eigenvalue weighted by atomic mass is 35.5. The second-order valence-electron chi connectivity index (χ2n) is 4.66. The summed E-state index contributed by atoms with van der Waals surface area (Å²) in [5.41, 5.74) is 1.33. The number of carbonyl (C=O) groups excluding carboxylic acids is 1. The first-order valence-electron chi connectivity index (χ1n) is 6.87. The van der Waals surface area contributed by atoms with Gasteiger partial charge in [0, 0.05) is 10.6 Å². The summed E-state index contributed by atoms with van der Waals surface area (Å²) in [5.74, 6) is 1.16. The van der Waals surface area contributed by atoms with Crippen molar-refractivity contribution < 1.29 is 19.0 Å². The second kappa shape index (κ2) is 7.70. The number of benzene rings is 2. The van der Waals surface area contributed by atoms with Crippen molar-refractivity contribution in [1.82, 2.24) is 0 Å². The maximum atomic E-state index is 12.4. The van der Waals surface area contributed by atoms with Crippen LogP contribution < -0.4 is 14.2 Å². The average Bonchev–Trinajstić information content (AvgIpc) is 2.59. The molecule has 0 heterocycles. The molecule has 0 unspecified atom stereocenters. The van der Waals surface area contributed by atoms with Crippen molar-refractivity contribution in [2.75, 3.05) is 21.3 Å². The van der Waals surface area contributed by atoms with Crippen LogP contribution in [-0.2, 0) is 0 Å². The van der Waals surface area contributed by atoms with Gasteiger partial charge in [-0.15, -0.1) is 0 Å². The summed E-state index contributed by atoms with van der Waals surface area (Å²) in [7, 11) is 4.53. The number of hydrogen-bond acceptors (Lipinski definition) is 4. The van der Waals surface area contributed by atoms with Gasteiger partial charge in [0.2, 0.25) is 5.75 Å². The highest BCUT2D eigenvalue weighted by Crippen LogP contribution is 2.38. The molecule has 4 nitrogen and oxygen atoms in total. The minimum atomic E-state index is -0.167. The summed E-state index contributed by atoms with van der Waals surface area (Å²) in [5, 5.41) is 0.651. The molecule has 23 heavy (non-hydrogen) atoms. The zero-order valence-electron chi connectivity index (χ0n) is 13.1. The maximum absolute atomic E-state index is 12.4. The molecule has 120 valence electrons. The molecule has 0 radical (unpaired) electrons. The topological polar surface area (TPSA) is 44.8 Å². The van der Waals surface area contributed by atoms with Gasteiger partial charge in [0.15, 0.2) is 17.3 Å². The molecule has 0 aliphatic carbocycles. The molecule has 0 aliphatic heterocycles. The zero-order chi connectivity index (χ0) is 16.8. The Morgan fingerprint density at radius 1 is 0.957 bits per heavy atom. The van der Waals surface area contributed by atoms with Crippen LogP contribution >= 0.6 is 11.6 Å². The van der Waals surface area contributed by atoms with Gasteiger partial charge in [0.25, 0.3) is 0 Å². The molecule has 0 fully saturated rings. The van der Waals surface area contributed by atoms with Gasteiger partial charge in [-0.2, -0.15) is 0 Å². The van der Waals surface area contributed by atoms with Crippen LogP contribution in [0.2, 0.25) is 5.02 Å².